The Hall–Kier alpha value is -3.55. The van der Waals surface area contributed by atoms with Crippen LogP contribution in [-0.4, -0.2) is 29.5 Å². The van der Waals surface area contributed by atoms with Gasteiger partial charge in [-0.25, -0.2) is 0 Å². The number of amides is 2. The SMILES string of the molecule is CCOC(=O)CCC(=O)Nc1cc(C)c(Oc2ccc(O)c(NC(=O)C3CCCCC3)c2)c(C)c1. The molecular weight excluding hydrogens is 448 g/mol. The fourth-order valence-electron chi connectivity index (χ4n) is 4.25. The van der Waals surface area contributed by atoms with Crippen LogP contribution in [0.1, 0.15) is 63.0 Å². The minimum absolute atomic E-state index is 0.0177. The summed E-state index contributed by atoms with van der Waals surface area (Å²) in [7, 11) is 0. The first-order valence-electron chi connectivity index (χ1n) is 12.1. The lowest BCUT2D eigenvalue weighted by Gasteiger charge is -2.21. The van der Waals surface area contributed by atoms with Gasteiger partial charge in [0.15, 0.2) is 0 Å². The van der Waals surface area contributed by atoms with E-state index >= 15 is 0 Å². The molecule has 0 unspecified atom stereocenters. The van der Waals surface area contributed by atoms with Crippen LogP contribution in [0, 0.1) is 19.8 Å². The summed E-state index contributed by atoms with van der Waals surface area (Å²) in [6, 6.07) is 8.32. The summed E-state index contributed by atoms with van der Waals surface area (Å²) >= 11 is 0. The maximum atomic E-state index is 12.6. The lowest BCUT2D eigenvalue weighted by atomic mass is 9.88. The molecule has 0 saturated heterocycles. The number of aromatic hydroxyl groups is 1. The minimum Gasteiger partial charge on any atom is -0.506 e. The Morgan fingerprint density at radius 3 is 2.31 bits per heavy atom. The van der Waals surface area contributed by atoms with Gasteiger partial charge in [-0.1, -0.05) is 19.3 Å². The van der Waals surface area contributed by atoms with Crippen molar-refractivity contribution >= 4 is 29.2 Å². The third kappa shape index (κ3) is 7.47. The molecular formula is C27H34N2O6. The van der Waals surface area contributed by atoms with E-state index in [0.29, 0.717) is 22.9 Å². The van der Waals surface area contributed by atoms with Gasteiger partial charge in [-0.05, 0) is 69.0 Å². The Balaban J connectivity index is 1.66. The van der Waals surface area contributed by atoms with E-state index in [0.717, 1.165) is 43.2 Å². The average molecular weight is 483 g/mol. The Kier molecular flexibility index (Phi) is 9.11. The van der Waals surface area contributed by atoms with Crippen molar-refractivity contribution in [3.8, 4) is 17.2 Å². The second-order valence-electron chi connectivity index (χ2n) is 8.90. The Morgan fingerprint density at radius 1 is 0.971 bits per heavy atom. The molecule has 35 heavy (non-hydrogen) atoms. The fourth-order valence-corrected chi connectivity index (χ4v) is 4.25. The zero-order valence-corrected chi connectivity index (χ0v) is 20.6. The van der Waals surface area contributed by atoms with E-state index in [-0.39, 0.29) is 42.9 Å². The number of nitrogens with one attached hydrogen (secondary N) is 2. The predicted molar refractivity (Wildman–Crippen MR) is 134 cm³/mol. The molecule has 1 saturated carbocycles. The van der Waals surface area contributed by atoms with Crippen LogP contribution < -0.4 is 15.4 Å². The van der Waals surface area contributed by atoms with E-state index < -0.39 is 5.97 Å². The van der Waals surface area contributed by atoms with Crippen LogP contribution in [-0.2, 0) is 19.1 Å². The van der Waals surface area contributed by atoms with Gasteiger partial charge >= 0.3 is 5.97 Å². The summed E-state index contributed by atoms with van der Waals surface area (Å²) in [4.78, 5) is 36.3. The summed E-state index contributed by atoms with van der Waals surface area (Å²) in [5.74, 6) is 0.286. The van der Waals surface area contributed by atoms with E-state index in [2.05, 4.69) is 10.6 Å². The van der Waals surface area contributed by atoms with Crippen LogP contribution in [0.15, 0.2) is 30.3 Å². The highest BCUT2D eigenvalue weighted by Crippen LogP contribution is 2.35. The highest BCUT2D eigenvalue weighted by atomic mass is 16.5. The molecule has 0 aromatic heterocycles. The molecule has 3 N–H and O–H groups in total. The van der Waals surface area contributed by atoms with Gasteiger partial charge < -0.3 is 25.2 Å². The van der Waals surface area contributed by atoms with Gasteiger partial charge in [-0.15, -0.1) is 0 Å². The lowest BCUT2D eigenvalue weighted by Crippen LogP contribution is -2.24. The molecule has 8 nitrogen and oxygen atoms in total. The van der Waals surface area contributed by atoms with Crippen LogP contribution in [0.25, 0.3) is 0 Å². The number of anilines is 2. The zero-order chi connectivity index (χ0) is 25.4. The van der Waals surface area contributed by atoms with Gasteiger partial charge in [0.1, 0.15) is 17.2 Å². The number of benzene rings is 2. The molecule has 1 aliphatic carbocycles. The largest absolute Gasteiger partial charge is 0.506 e. The van der Waals surface area contributed by atoms with Crippen molar-refractivity contribution in [3.05, 3.63) is 41.5 Å². The third-order valence-electron chi connectivity index (χ3n) is 6.03. The van der Waals surface area contributed by atoms with Gasteiger partial charge in [0, 0.05) is 24.1 Å². The van der Waals surface area contributed by atoms with Gasteiger partial charge in [0.25, 0.3) is 0 Å². The number of rotatable bonds is 9. The maximum absolute atomic E-state index is 12.6. The molecule has 0 spiro atoms. The van der Waals surface area contributed by atoms with Crippen LogP contribution in [0.5, 0.6) is 17.2 Å². The molecule has 8 heteroatoms. The minimum atomic E-state index is -0.401. The highest BCUT2D eigenvalue weighted by Gasteiger charge is 2.22. The van der Waals surface area contributed by atoms with Crippen molar-refractivity contribution in [2.24, 2.45) is 5.92 Å². The van der Waals surface area contributed by atoms with Crippen LogP contribution in [0.2, 0.25) is 0 Å². The second-order valence-corrected chi connectivity index (χ2v) is 8.90. The number of phenolic OH excluding ortho intramolecular Hbond substituents is 1. The summed E-state index contributed by atoms with van der Waals surface area (Å²) in [5.41, 5.74) is 2.52. The van der Waals surface area contributed by atoms with E-state index in [4.69, 9.17) is 9.47 Å². The third-order valence-corrected chi connectivity index (χ3v) is 6.03. The van der Waals surface area contributed by atoms with E-state index in [9.17, 15) is 19.5 Å². The van der Waals surface area contributed by atoms with Gasteiger partial charge in [-0.3, -0.25) is 14.4 Å². The summed E-state index contributed by atoms with van der Waals surface area (Å²) < 4.78 is 10.9. The van der Waals surface area contributed by atoms with Crippen molar-refractivity contribution < 1.29 is 29.0 Å². The number of aryl methyl sites for hydroxylation is 2. The Morgan fingerprint density at radius 2 is 1.66 bits per heavy atom. The topological polar surface area (TPSA) is 114 Å². The van der Waals surface area contributed by atoms with Crippen LogP contribution >= 0.6 is 0 Å². The molecule has 1 aliphatic rings. The normalized spacial score (nSPS) is 13.7. The van der Waals surface area contributed by atoms with Crippen molar-refractivity contribution in [3.63, 3.8) is 0 Å². The van der Waals surface area contributed by atoms with Gasteiger partial charge in [0.05, 0.1) is 18.7 Å². The number of hydrogen-bond acceptors (Lipinski definition) is 6. The first-order valence-corrected chi connectivity index (χ1v) is 12.1. The van der Waals surface area contributed by atoms with Crippen LogP contribution in [0.4, 0.5) is 11.4 Å². The van der Waals surface area contributed by atoms with Gasteiger partial charge in [0.2, 0.25) is 11.8 Å². The number of esters is 1. The number of hydrogen-bond donors (Lipinski definition) is 3. The first-order chi connectivity index (χ1) is 16.8. The van der Waals surface area contributed by atoms with Crippen molar-refractivity contribution in [1.82, 2.24) is 0 Å². The maximum Gasteiger partial charge on any atom is 0.306 e. The van der Waals surface area contributed by atoms with Crippen molar-refractivity contribution in [1.29, 1.82) is 0 Å². The monoisotopic (exact) mass is 482 g/mol. The van der Waals surface area contributed by atoms with E-state index in [1.54, 1.807) is 31.2 Å². The first kappa shape index (κ1) is 26.1. The molecule has 0 atom stereocenters. The lowest BCUT2D eigenvalue weighted by molar-refractivity contribution is -0.144. The summed E-state index contributed by atoms with van der Waals surface area (Å²) in [5, 5.41) is 15.9. The number of carbonyl (C=O) groups excluding carboxylic acids is 3. The highest BCUT2D eigenvalue weighted by molar-refractivity contribution is 5.94. The smallest absolute Gasteiger partial charge is 0.306 e. The predicted octanol–water partition coefficient (Wildman–Crippen LogP) is 5.60. The van der Waals surface area contributed by atoms with E-state index in [1.165, 1.54) is 6.07 Å². The molecule has 2 aromatic carbocycles. The molecule has 1 fully saturated rings. The molecule has 2 aromatic rings. The molecule has 2 amide bonds. The standard InChI is InChI=1S/C27H34N2O6/c1-4-34-25(32)13-12-24(31)28-20-14-17(2)26(18(3)15-20)35-21-10-11-23(30)22(16-21)29-27(33)19-8-6-5-7-9-19/h10-11,14-16,19,30H,4-9,12-13H2,1-3H3,(H,28,31)(H,29,33). The second kappa shape index (κ2) is 12.2. The fraction of sp³-hybridized carbons (Fsp3) is 0.444. The number of ether oxygens (including phenoxy) is 2. The summed E-state index contributed by atoms with van der Waals surface area (Å²) in [6.07, 6.45) is 5.06. The Bertz CT molecular complexity index is 1050. The zero-order valence-electron chi connectivity index (χ0n) is 20.6. The Labute approximate surface area is 206 Å². The number of phenols is 1. The van der Waals surface area contributed by atoms with Crippen LogP contribution in [0.3, 0.4) is 0 Å². The quantitative estimate of drug-likeness (QED) is 0.317. The van der Waals surface area contributed by atoms with Gasteiger partial charge in [-0.2, -0.15) is 0 Å². The molecule has 0 heterocycles. The average Bonchev–Trinajstić information content (AvgIpc) is 2.83. The summed E-state index contributed by atoms with van der Waals surface area (Å²) in [6.45, 7) is 5.74. The molecule has 0 radical (unpaired) electrons. The van der Waals surface area contributed by atoms with Crippen molar-refractivity contribution in [2.75, 3.05) is 17.2 Å². The molecule has 3 rings (SSSR count). The van der Waals surface area contributed by atoms with E-state index in [1.807, 2.05) is 13.8 Å². The molecule has 0 aliphatic heterocycles. The number of carbonyl (C=O) groups is 3. The van der Waals surface area contributed by atoms with Crippen molar-refractivity contribution in [2.45, 2.75) is 65.7 Å². The molecule has 188 valence electrons. The molecule has 0 bridgehead atoms.